The molecule has 2 nitrogen and oxygen atoms in total. The van der Waals surface area contributed by atoms with Gasteiger partial charge in [-0.1, -0.05) is 24.8 Å². The van der Waals surface area contributed by atoms with Crippen LogP contribution >= 0.6 is 27.7 Å². The summed E-state index contributed by atoms with van der Waals surface area (Å²) >= 11 is 5.20. The SMILES string of the molecule is CCC(N)Cc1ccc(Sc2ncccc2Br)cc1C. The summed E-state index contributed by atoms with van der Waals surface area (Å²) in [7, 11) is 0. The summed E-state index contributed by atoms with van der Waals surface area (Å²) in [5, 5.41) is 0.991. The Kier molecular flexibility index (Phi) is 5.64. The van der Waals surface area contributed by atoms with Gasteiger partial charge in [0.25, 0.3) is 0 Å². The largest absolute Gasteiger partial charge is 0.327 e. The molecular formula is C16H19BrN2S. The molecule has 0 fully saturated rings. The van der Waals surface area contributed by atoms with E-state index in [0.29, 0.717) is 0 Å². The van der Waals surface area contributed by atoms with Gasteiger partial charge in [-0.15, -0.1) is 0 Å². The second-order valence-electron chi connectivity index (χ2n) is 4.85. The molecule has 2 aromatic rings. The number of pyridine rings is 1. The lowest BCUT2D eigenvalue weighted by atomic mass is 10.0. The Morgan fingerprint density at radius 3 is 2.80 bits per heavy atom. The van der Waals surface area contributed by atoms with Gasteiger partial charge in [0.2, 0.25) is 0 Å². The smallest absolute Gasteiger partial charge is 0.115 e. The zero-order chi connectivity index (χ0) is 14.5. The lowest BCUT2D eigenvalue weighted by Gasteiger charge is -2.12. The summed E-state index contributed by atoms with van der Waals surface area (Å²) in [5.41, 5.74) is 8.67. The summed E-state index contributed by atoms with van der Waals surface area (Å²) in [6, 6.07) is 10.7. The molecule has 2 rings (SSSR count). The fraction of sp³-hybridized carbons (Fsp3) is 0.312. The van der Waals surface area contributed by atoms with Gasteiger partial charge in [0.15, 0.2) is 0 Å². The van der Waals surface area contributed by atoms with E-state index in [2.05, 4.69) is 53.0 Å². The highest BCUT2D eigenvalue weighted by Gasteiger charge is 2.07. The molecule has 0 amide bonds. The van der Waals surface area contributed by atoms with Crippen molar-refractivity contribution in [1.29, 1.82) is 0 Å². The van der Waals surface area contributed by atoms with E-state index in [1.54, 1.807) is 11.8 Å². The topological polar surface area (TPSA) is 38.9 Å². The van der Waals surface area contributed by atoms with Gasteiger partial charge in [0.05, 0.1) is 4.47 Å². The lowest BCUT2D eigenvalue weighted by molar-refractivity contribution is 0.644. The molecule has 4 heteroatoms. The van der Waals surface area contributed by atoms with Crippen molar-refractivity contribution >= 4 is 27.7 Å². The first-order valence-electron chi connectivity index (χ1n) is 6.73. The van der Waals surface area contributed by atoms with Crippen molar-refractivity contribution in [2.45, 2.75) is 42.7 Å². The fourth-order valence-corrected chi connectivity index (χ4v) is 3.32. The molecule has 0 spiro atoms. The zero-order valence-electron chi connectivity index (χ0n) is 11.8. The second kappa shape index (κ2) is 7.25. The molecule has 0 saturated carbocycles. The Balaban J connectivity index is 2.15. The molecule has 0 bridgehead atoms. The van der Waals surface area contributed by atoms with Crippen LogP contribution in [0.15, 0.2) is 50.9 Å². The van der Waals surface area contributed by atoms with E-state index in [9.17, 15) is 0 Å². The standard InChI is InChI=1S/C16H19BrN2S/c1-3-13(18)10-12-6-7-14(9-11(12)2)20-16-15(17)5-4-8-19-16/h4-9,13H,3,10,18H2,1-2H3. The van der Waals surface area contributed by atoms with Crippen molar-refractivity contribution in [2.75, 3.05) is 0 Å². The van der Waals surface area contributed by atoms with Crippen LogP contribution in [-0.4, -0.2) is 11.0 Å². The lowest BCUT2D eigenvalue weighted by Crippen LogP contribution is -2.21. The average Bonchev–Trinajstić information content (AvgIpc) is 2.44. The number of benzene rings is 1. The van der Waals surface area contributed by atoms with Crippen molar-refractivity contribution in [1.82, 2.24) is 4.98 Å². The Labute approximate surface area is 133 Å². The van der Waals surface area contributed by atoms with Crippen molar-refractivity contribution in [3.05, 3.63) is 52.1 Å². The van der Waals surface area contributed by atoms with Crippen LogP contribution in [0, 0.1) is 6.92 Å². The highest BCUT2D eigenvalue weighted by molar-refractivity contribution is 9.10. The van der Waals surface area contributed by atoms with Gasteiger partial charge in [-0.3, -0.25) is 0 Å². The second-order valence-corrected chi connectivity index (χ2v) is 6.77. The molecule has 20 heavy (non-hydrogen) atoms. The van der Waals surface area contributed by atoms with E-state index in [4.69, 9.17) is 5.73 Å². The summed E-state index contributed by atoms with van der Waals surface area (Å²) < 4.78 is 1.03. The third kappa shape index (κ3) is 4.08. The summed E-state index contributed by atoms with van der Waals surface area (Å²) in [6.45, 7) is 4.28. The molecule has 1 aromatic heterocycles. The molecule has 0 aliphatic heterocycles. The van der Waals surface area contributed by atoms with Gasteiger partial charge in [-0.25, -0.2) is 4.98 Å². The van der Waals surface area contributed by atoms with Gasteiger partial charge in [-0.05, 0) is 71.1 Å². The number of aromatic nitrogens is 1. The molecule has 1 unspecified atom stereocenters. The Morgan fingerprint density at radius 1 is 1.35 bits per heavy atom. The first-order valence-corrected chi connectivity index (χ1v) is 8.34. The van der Waals surface area contributed by atoms with Crippen molar-refractivity contribution in [3.63, 3.8) is 0 Å². The third-order valence-electron chi connectivity index (χ3n) is 3.26. The quantitative estimate of drug-likeness (QED) is 0.857. The van der Waals surface area contributed by atoms with Crippen LogP contribution in [0.1, 0.15) is 24.5 Å². The van der Waals surface area contributed by atoms with Crippen LogP contribution in [-0.2, 0) is 6.42 Å². The zero-order valence-corrected chi connectivity index (χ0v) is 14.2. The molecule has 0 aliphatic rings. The van der Waals surface area contributed by atoms with Crippen molar-refractivity contribution in [2.24, 2.45) is 5.73 Å². The minimum atomic E-state index is 0.247. The Morgan fingerprint density at radius 2 is 2.15 bits per heavy atom. The Hall–Kier alpha value is -0.840. The molecule has 0 aliphatic carbocycles. The van der Waals surface area contributed by atoms with Crippen molar-refractivity contribution in [3.8, 4) is 0 Å². The van der Waals surface area contributed by atoms with E-state index in [0.717, 1.165) is 22.3 Å². The van der Waals surface area contributed by atoms with E-state index < -0.39 is 0 Å². The van der Waals surface area contributed by atoms with Crippen LogP contribution in [0.3, 0.4) is 0 Å². The number of halogens is 1. The number of rotatable bonds is 5. The minimum absolute atomic E-state index is 0.247. The number of nitrogens with two attached hydrogens (primary N) is 1. The molecule has 0 saturated heterocycles. The predicted octanol–water partition coefficient (Wildman–Crippen LogP) is 4.58. The van der Waals surface area contributed by atoms with Gasteiger partial charge in [0.1, 0.15) is 5.03 Å². The summed E-state index contributed by atoms with van der Waals surface area (Å²) in [4.78, 5) is 5.59. The number of aryl methyl sites for hydroxylation is 1. The van der Waals surface area contributed by atoms with Crippen LogP contribution in [0.4, 0.5) is 0 Å². The average molecular weight is 351 g/mol. The van der Waals surface area contributed by atoms with Gasteiger partial charge < -0.3 is 5.73 Å². The minimum Gasteiger partial charge on any atom is -0.327 e. The number of hydrogen-bond acceptors (Lipinski definition) is 3. The highest BCUT2D eigenvalue weighted by atomic mass is 79.9. The maximum Gasteiger partial charge on any atom is 0.115 e. The van der Waals surface area contributed by atoms with Gasteiger partial charge >= 0.3 is 0 Å². The summed E-state index contributed by atoms with van der Waals surface area (Å²) in [5.74, 6) is 0. The van der Waals surface area contributed by atoms with Crippen LogP contribution in [0.25, 0.3) is 0 Å². The molecule has 1 heterocycles. The molecule has 1 atom stereocenters. The monoisotopic (exact) mass is 350 g/mol. The van der Waals surface area contributed by atoms with Crippen LogP contribution in [0.2, 0.25) is 0 Å². The molecular weight excluding hydrogens is 332 g/mol. The normalized spacial score (nSPS) is 12.4. The van der Waals surface area contributed by atoms with Crippen molar-refractivity contribution < 1.29 is 0 Å². The van der Waals surface area contributed by atoms with Crippen LogP contribution < -0.4 is 5.73 Å². The van der Waals surface area contributed by atoms with E-state index >= 15 is 0 Å². The van der Waals surface area contributed by atoms with Gasteiger partial charge in [-0.2, -0.15) is 0 Å². The molecule has 2 N–H and O–H groups in total. The number of hydrogen-bond donors (Lipinski definition) is 1. The predicted molar refractivity (Wildman–Crippen MR) is 89.2 cm³/mol. The molecule has 0 radical (unpaired) electrons. The maximum atomic E-state index is 6.03. The maximum absolute atomic E-state index is 6.03. The first-order chi connectivity index (χ1) is 9.60. The fourth-order valence-electron chi connectivity index (χ4n) is 1.95. The molecule has 1 aromatic carbocycles. The van der Waals surface area contributed by atoms with Gasteiger partial charge in [0, 0.05) is 17.1 Å². The third-order valence-corrected chi connectivity index (χ3v) is 5.17. The summed E-state index contributed by atoms with van der Waals surface area (Å²) in [6.07, 6.45) is 3.77. The molecule has 106 valence electrons. The van der Waals surface area contributed by atoms with E-state index in [1.165, 1.54) is 16.0 Å². The highest BCUT2D eigenvalue weighted by Crippen LogP contribution is 2.32. The number of nitrogens with zero attached hydrogens (tertiary/aromatic N) is 1. The van der Waals surface area contributed by atoms with Crippen LogP contribution in [0.5, 0.6) is 0 Å². The van der Waals surface area contributed by atoms with E-state index in [1.807, 2.05) is 18.3 Å². The van der Waals surface area contributed by atoms with E-state index in [-0.39, 0.29) is 6.04 Å². The first kappa shape index (κ1) is 15.5. The Bertz CT molecular complexity index is 586.